The van der Waals surface area contributed by atoms with E-state index in [9.17, 15) is 9.59 Å². The number of nitrogens with zero attached hydrogens (tertiary/aromatic N) is 1. The normalized spacial score (nSPS) is 10.4. The molecule has 0 spiro atoms. The van der Waals surface area contributed by atoms with E-state index in [-0.39, 0.29) is 24.4 Å². The van der Waals surface area contributed by atoms with E-state index < -0.39 is 0 Å². The zero-order chi connectivity index (χ0) is 14.4. The van der Waals surface area contributed by atoms with Crippen molar-refractivity contribution in [1.29, 1.82) is 0 Å². The Kier molecular flexibility index (Phi) is 5.55. The molecule has 4 nitrogen and oxygen atoms in total. The summed E-state index contributed by atoms with van der Waals surface area (Å²) in [6.07, 6.45) is 0. The van der Waals surface area contributed by atoms with E-state index in [1.165, 1.54) is 0 Å². The number of likely N-dealkylation sites (N-methyl/N-ethyl adjacent to an activating group) is 1. The van der Waals surface area contributed by atoms with Crippen LogP contribution in [0.25, 0.3) is 0 Å². The SMILES string of the molecule is CCN(CC(=O)NC(C)C)C(=O)c1cccc(C)c1. The van der Waals surface area contributed by atoms with Gasteiger partial charge in [0.1, 0.15) is 0 Å². The highest BCUT2D eigenvalue weighted by molar-refractivity contribution is 5.96. The van der Waals surface area contributed by atoms with Crippen molar-refractivity contribution >= 4 is 11.8 Å². The summed E-state index contributed by atoms with van der Waals surface area (Å²) in [6.45, 7) is 8.22. The highest BCUT2D eigenvalue weighted by Gasteiger charge is 2.17. The van der Waals surface area contributed by atoms with E-state index in [1.54, 1.807) is 11.0 Å². The molecule has 104 valence electrons. The van der Waals surface area contributed by atoms with Gasteiger partial charge in [-0.2, -0.15) is 0 Å². The Bertz CT molecular complexity index is 455. The number of carbonyl (C=O) groups is 2. The fourth-order valence-electron chi connectivity index (χ4n) is 1.83. The lowest BCUT2D eigenvalue weighted by Crippen LogP contribution is -2.42. The zero-order valence-electron chi connectivity index (χ0n) is 12.1. The maximum Gasteiger partial charge on any atom is 0.254 e. The Morgan fingerprint density at radius 2 is 2.00 bits per heavy atom. The number of rotatable bonds is 5. The Morgan fingerprint density at radius 3 is 2.53 bits per heavy atom. The number of nitrogens with one attached hydrogen (secondary N) is 1. The van der Waals surface area contributed by atoms with Gasteiger partial charge in [0.25, 0.3) is 5.91 Å². The van der Waals surface area contributed by atoms with Crippen LogP contribution in [0.4, 0.5) is 0 Å². The Morgan fingerprint density at radius 1 is 1.32 bits per heavy atom. The number of carbonyl (C=O) groups excluding carboxylic acids is 2. The van der Waals surface area contributed by atoms with Gasteiger partial charge in [0, 0.05) is 18.2 Å². The average Bonchev–Trinajstić information content (AvgIpc) is 2.34. The van der Waals surface area contributed by atoms with Gasteiger partial charge >= 0.3 is 0 Å². The highest BCUT2D eigenvalue weighted by atomic mass is 16.2. The number of hydrogen-bond acceptors (Lipinski definition) is 2. The zero-order valence-corrected chi connectivity index (χ0v) is 12.1. The first-order valence-electron chi connectivity index (χ1n) is 6.59. The molecule has 19 heavy (non-hydrogen) atoms. The van der Waals surface area contributed by atoms with Gasteiger partial charge in [-0.15, -0.1) is 0 Å². The van der Waals surface area contributed by atoms with Crippen LogP contribution in [0.2, 0.25) is 0 Å². The number of aryl methyl sites for hydroxylation is 1. The monoisotopic (exact) mass is 262 g/mol. The summed E-state index contributed by atoms with van der Waals surface area (Å²) in [5, 5.41) is 2.79. The van der Waals surface area contributed by atoms with Crippen LogP contribution in [0, 0.1) is 6.92 Å². The van der Waals surface area contributed by atoms with Crippen molar-refractivity contribution in [2.75, 3.05) is 13.1 Å². The fraction of sp³-hybridized carbons (Fsp3) is 0.467. The molecule has 0 aliphatic heterocycles. The molecule has 0 saturated carbocycles. The largest absolute Gasteiger partial charge is 0.352 e. The summed E-state index contributed by atoms with van der Waals surface area (Å²) >= 11 is 0. The molecule has 0 unspecified atom stereocenters. The second-order valence-electron chi connectivity index (χ2n) is 4.91. The van der Waals surface area contributed by atoms with Gasteiger partial charge < -0.3 is 10.2 Å². The quantitative estimate of drug-likeness (QED) is 0.882. The van der Waals surface area contributed by atoms with Gasteiger partial charge in [0.15, 0.2) is 0 Å². The van der Waals surface area contributed by atoms with Crippen LogP contribution in [0.3, 0.4) is 0 Å². The third-order valence-corrected chi connectivity index (χ3v) is 2.72. The van der Waals surface area contributed by atoms with E-state index >= 15 is 0 Å². The van der Waals surface area contributed by atoms with E-state index in [1.807, 2.05) is 45.9 Å². The molecule has 0 heterocycles. The summed E-state index contributed by atoms with van der Waals surface area (Å²) < 4.78 is 0. The molecule has 1 rings (SSSR count). The molecule has 2 amide bonds. The lowest BCUT2D eigenvalue weighted by atomic mass is 10.1. The third-order valence-electron chi connectivity index (χ3n) is 2.72. The molecule has 0 aliphatic rings. The van der Waals surface area contributed by atoms with Crippen molar-refractivity contribution in [3.63, 3.8) is 0 Å². The van der Waals surface area contributed by atoms with Crippen LogP contribution in [0.1, 0.15) is 36.7 Å². The third kappa shape index (κ3) is 4.73. The minimum Gasteiger partial charge on any atom is -0.352 e. The molecule has 0 radical (unpaired) electrons. The number of hydrogen-bond donors (Lipinski definition) is 1. The summed E-state index contributed by atoms with van der Waals surface area (Å²) in [4.78, 5) is 25.6. The maximum absolute atomic E-state index is 12.3. The first-order chi connectivity index (χ1) is 8.93. The predicted octanol–water partition coefficient (Wildman–Crippen LogP) is 1.98. The molecule has 0 aliphatic carbocycles. The Labute approximate surface area is 114 Å². The first kappa shape index (κ1) is 15.2. The van der Waals surface area contributed by atoms with Crippen LogP contribution < -0.4 is 5.32 Å². The van der Waals surface area contributed by atoms with E-state index in [2.05, 4.69) is 5.32 Å². The molecular formula is C15H22N2O2. The lowest BCUT2D eigenvalue weighted by Gasteiger charge is -2.21. The minimum absolute atomic E-state index is 0.0836. The standard InChI is InChI=1S/C15H22N2O2/c1-5-17(10-14(18)16-11(2)3)15(19)13-8-6-7-12(4)9-13/h6-9,11H,5,10H2,1-4H3,(H,16,18). The molecule has 1 aromatic rings. The van der Waals surface area contributed by atoms with Crippen LogP contribution in [0.5, 0.6) is 0 Å². The first-order valence-corrected chi connectivity index (χ1v) is 6.59. The van der Waals surface area contributed by atoms with Gasteiger partial charge in [-0.25, -0.2) is 0 Å². The minimum atomic E-state index is -0.127. The van der Waals surface area contributed by atoms with Crippen LogP contribution >= 0.6 is 0 Å². The Balaban J connectivity index is 2.74. The maximum atomic E-state index is 12.3. The van der Waals surface area contributed by atoms with E-state index in [0.717, 1.165) is 5.56 Å². The summed E-state index contributed by atoms with van der Waals surface area (Å²) in [7, 11) is 0. The summed E-state index contributed by atoms with van der Waals surface area (Å²) in [5.74, 6) is -0.233. The second-order valence-corrected chi connectivity index (χ2v) is 4.91. The second kappa shape index (κ2) is 6.92. The molecule has 0 atom stereocenters. The average molecular weight is 262 g/mol. The van der Waals surface area contributed by atoms with Crippen LogP contribution in [0.15, 0.2) is 24.3 Å². The van der Waals surface area contributed by atoms with Crippen molar-refractivity contribution in [2.45, 2.75) is 33.7 Å². The highest BCUT2D eigenvalue weighted by Crippen LogP contribution is 2.07. The molecule has 1 N–H and O–H groups in total. The molecule has 0 aromatic heterocycles. The van der Waals surface area contributed by atoms with Gasteiger partial charge in [-0.05, 0) is 39.8 Å². The van der Waals surface area contributed by atoms with Crippen molar-refractivity contribution in [3.8, 4) is 0 Å². The lowest BCUT2D eigenvalue weighted by molar-refractivity contribution is -0.122. The number of amides is 2. The molecular weight excluding hydrogens is 240 g/mol. The summed E-state index contributed by atoms with van der Waals surface area (Å²) in [5.41, 5.74) is 1.66. The van der Waals surface area contributed by atoms with Crippen molar-refractivity contribution in [3.05, 3.63) is 35.4 Å². The Hall–Kier alpha value is -1.84. The predicted molar refractivity (Wildman–Crippen MR) is 76.0 cm³/mol. The van der Waals surface area contributed by atoms with Crippen molar-refractivity contribution in [2.24, 2.45) is 0 Å². The molecule has 4 heteroatoms. The van der Waals surface area contributed by atoms with Gasteiger partial charge in [0.2, 0.25) is 5.91 Å². The van der Waals surface area contributed by atoms with Crippen molar-refractivity contribution < 1.29 is 9.59 Å². The number of benzene rings is 1. The van der Waals surface area contributed by atoms with Gasteiger partial charge in [-0.3, -0.25) is 9.59 Å². The topological polar surface area (TPSA) is 49.4 Å². The van der Waals surface area contributed by atoms with Crippen molar-refractivity contribution in [1.82, 2.24) is 10.2 Å². The summed E-state index contributed by atoms with van der Waals surface area (Å²) in [6, 6.07) is 7.49. The smallest absolute Gasteiger partial charge is 0.254 e. The van der Waals surface area contributed by atoms with E-state index in [4.69, 9.17) is 0 Å². The molecule has 0 bridgehead atoms. The molecule has 0 saturated heterocycles. The van der Waals surface area contributed by atoms with Crippen LogP contribution in [-0.2, 0) is 4.79 Å². The molecule has 0 fully saturated rings. The fourth-order valence-corrected chi connectivity index (χ4v) is 1.83. The van der Waals surface area contributed by atoms with Gasteiger partial charge in [-0.1, -0.05) is 17.7 Å². The molecule has 1 aromatic carbocycles. The van der Waals surface area contributed by atoms with E-state index in [0.29, 0.717) is 12.1 Å². The van der Waals surface area contributed by atoms with Crippen LogP contribution in [-0.4, -0.2) is 35.8 Å². The van der Waals surface area contributed by atoms with Gasteiger partial charge in [0.05, 0.1) is 6.54 Å².